The van der Waals surface area contributed by atoms with E-state index >= 15 is 0 Å². The van der Waals surface area contributed by atoms with Crippen molar-refractivity contribution in [2.75, 3.05) is 17.2 Å². The van der Waals surface area contributed by atoms with E-state index in [2.05, 4.69) is 72.0 Å². The molecule has 4 rings (SSSR count). The molecule has 0 fully saturated rings. The van der Waals surface area contributed by atoms with Crippen LogP contribution in [0.3, 0.4) is 0 Å². The van der Waals surface area contributed by atoms with Crippen LogP contribution < -0.4 is 15.4 Å². The van der Waals surface area contributed by atoms with Crippen LogP contribution in [0, 0.1) is 0 Å². The molecular weight excluding hydrogens is 372 g/mol. The number of rotatable bonds is 6. The van der Waals surface area contributed by atoms with Crippen molar-refractivity contribution < 1.29 is 4.74 Å². The van der Waals surface area contributed by atoms with E-state index in [1.165, 1.54) is 17.3 Å². The third-order valence-electron chi connectivity index (χ3n) is 5.22. The van der Waals surface area contributed by atoms with Gasteiger partial charge in [0.05, 0.1) is 5.69 Å². The van der Waals surface area contributed by atoms with Crippen LogP contribution in [0.1, 0.15) is 32.3 Å². The topological polar surface area (TPSA) is 64.3 Å². The van der Waals surface area contributed by atoms with Crippen molar-refractivity contribution in [2.24, 2.45) is 0 Å². The first-order chi connectivity index (χ1) is 14.6. The largest absolute Gasteiger partial charge is 0.437 e. The number of ether oxygens (including phenoxy) is 1. The van der Waals surface area contributed by atoms with Gasteiger partial charge in [-0.15, -0.1) is 0 Å². The van der Waals surface area contributed by atoms with E-state index in [0.29, 0.717) is 35.6 Å². The fourth-order valence-electron chi connectivity index (χ4n) is 3.58. The number of fused-ring (bicyclic) bond motifs is 1. The Bertz CT molecular complexity index is 1150. The molecule has 5 heteroatoms. The Morgan fingerprint density at radius 3 is 2.40 bits per heavy atom. The van der Waals surface area contributed by atoms with Gasteiger partial charge in [-0.2, -0.15) is 4.98 Å². The molecule has 0 aliphatic rings. The smallest absolute Gasteiger partial charge is 0.248 e. The second-order valence-electron chi connectivity index (χ2n) is 7.48. The summed E-state index contributed by atoms with van der Waals surface area (Å²) in [6, 6.07) is 22.5. The quantitative estimate of drug-likeness (QED) is 0.414. The summed E-state index contributed by atoms with van der Waals surface area (Å²) in [5.41, 5.74) is 9.20. The van der Waals surface area contributed by atoms with Crippen molar-refractivity contribution >= 4 is 28.0 Å². The third-order valence-corrected chi connectivity index (χ3v) is 5.22. The fourth-order valence-corrected chi connectivity index (χ4v) is 3.58. The normalized spacial score (nSPS) is 11.1. The highest BCUT2D eigenvalue weighted by molar-refractivity contribution is 5.96. The summed E-state index contributed by atoms with van der Waals surface area (Å²) in [6.45, 7) is 7.11. The number of aromatic nitrogens is 2. The first kappa shape index (κ1) is 19.7. The average molecular weight is 399 g/mol. The zero-order chi connectivity index (χ0) is 21.1. The summed E-state index contributed by atoms with van der Waals surface area (Å²) in [7, 11) is 0. The number of nitrogen functional groups attached to an aromatic ring is 1. The molecule has 0 unspecified atom stereocenters. The van der Waals surface area contributed by atoms with Crippen molar-refractivity contribution in [3.63, 3.8) is 0 Å². The predicted octanol–water partition coefficient (Wildman–Crippen LogP) is 6.29. The highest BCUT2D eigenvalue weighted by Gasteiger charge is 2.18. The lowest BCUT2D eigenvalue weighted by Gasteiger charge is -2.25. The van der Waals surface area contributed by atoms with Crippen molar-refractivity contribution in [2.45, 2.75) is 26.7 Å². The number of nitrogens with zero attached hydrogens (tertiary/aromatic N) is 3. The van der Waals surface area contributed by atoms with E-state index in [0.717, 1.165) is 11.1 Å². The van der Waals surface area contributed by atoms with E-state index in [9.17, 15) is 0 Å². The molecule has 5 nitrogen and oxygen atoms in total. The number of anilines is 3. The minimum absolute atomic E-state index is 0.357. The lowest BCUT2D eigenvalue weighted by Crippen LogP contribution is -2.19. The van der Waals surface area contributed by atoms with Crippen LogP contribution in [0.4, 0.5) is 17.2 Å². The van der Waals surface area contributed by atoms with E-state index in [1.54, 1.807) is 0 Å². The van der Waals surface area contributed by atoms with Gasteiger partial charge in [0.2, 0.25) is 5.88 Å². The molecule has 1 aromatic heterocycles. The van der Waals surface area contributed by atoms with Gasteiger partial charge in [-0.05, 0) is 42.0 Å². The molecule has 0 aliphatic carbocycles. The number of benzene rings is 3. The first-order valence-electron chi connectivity index (χ1n) is 10.2. The molecular formula is C25H26N4O. The molecule has 0 aliphatic heterocycles. The summed E-state index contributed by atoms with van der Waals surface area (Å²) in [4.78, 5) is 10.9. The second kappa shape index (κ2) is 8.41. The Labute approximate surface area is 177 Å². The molecule has 30 heavy (non-hydrogen) atoms. The van der Waals surface area contributed by atoms with E-state index in [-0.39, 0.29) is 0 Å². The Morgan fingerprint density at radius 1 is 0.933 bits per heavy atom. The van der Waals surface area contributed by atoms with Crippen molar-refractivity contribution in [3.05, 3.63) is 78.6 Å². The van der Waals surface area contributed by atoms with Gasteiger partial charge in [0.1, 0.15) is 17.8 Å². The predicted molar refractivity (Wildman–Crippen MR) is 124 cm³/mol. The Hall–Kier alpha value is -3.60. The Balaban J connectivity index is 1.70. The van der Waals surface area contributed by atoms with Crippen LogP contribution in [0.15, 0.2) is 73.1 Å². The Morgan fingerprint density at radius 2 is 1.67 bits per heavy atom. The van der Waals surface area contributed by atoms with Crippen molar-refractivity contribution in [1.29, 1.82) is 0 Å². The van der Waals surface area contributed by atoms with E-state index in [4.69, 9.17) is 10.5 Å². The highest BCUT2D eigenvalue weighted by Crippen LogP contribution is 2.37. The lowest BCUT2D eigenvalue weighted by molar-refractivity contribution is 0.464. The van der Waals surface area contributed by atoms with E-state index < -0.39 is 0 Å². The van der Waals surface area contributed by atoms with Gasteiger partial charge < -0.3 is 15.4 Å². The van der Waals surface area contributed by atoms with Gasteiger partial charge in [0, 0.05) is 11.9 Å². The molecule has 152 valence electrons. The summed E-state index contributed by atoms with van der Waals surface area (Å²) >= 11 is 0. The minimum atomic E-state index is 0.357. The summed E-state index contributed by atoms with van der Waals surface area (Å²) in [5, 5.41) is 2.31. The molecule has 0 atom stereocenters. The molecule has 0 spiro atoms. The molecule has 0 amide bonds. The fraction of sp³-hybridized carbons (Fsp3) is 0.200. The monoisotopic (exact) mass is 398 g/mol. The molecule has 2 N–H and O–H groups in total. The van der Waals surface area contributed by atoms with Crippen LogP contribution in [0.25, 0.3) is 10.8 Å². The SMILES string of the molecule is CCN(c1ncnc(Oc2ccc(C(C)C)cc2)c1N)c1cccc2ccccc12. The Kier molecular flexibility index (Phi) is 5.53. The van der Waals surface area contributed by atoms with Crippen molar-refractivity contribution in [3.8, 4) is 11.6 Å². The maximum absolute atomic E-state index is 6.48. The molecule has 1 heterocycles. The zero-order valence-corrected chi connectivity index (χ0v) is 17.5. The summed E-state index contributed by atoms with van der Waals surface area (Å²) < 4.78 is 6.00. The zero-order valence-electron chi connectivity index (χ0n) is 17.5. The van der Waals surface area contributed by atoms with Gasteiger partial charge in [-0.25, -0.2) is 4.98 Å². The van der Waals surface area contributed by atoms with Crippen LogP contribution in [0.5, 0.6) is 11.6 Å². The molecule has 4 aromatic rings. The highest BCUT2D eigenvalue weighted by atomic mass is 16.5. The molecule has 0 radical (unpaired) electrons. The molecule has 3 aromatic carbocycles. The number of hydrogen-bond donors (Lipinski definition) is 1. The van der Waals surface area contributed by atoms with Crippen LogP contribution in [-0.2, 0) is 0 Å². The van der Waals surface area contributed by atoms with Gasteiger partial charge >= 0.3 is 0 Å². The number of nitrogens with two attached hydrogens (primary N) is 1. The molecule has 0 saturated carbocycles. The average Bonchev–Trinajstić information content (AvgIpc) is 2.77. The lowest BCUT2D eigenvalue weighted by atomic mass is 10.0. The first-order valence-corrected chi connectivity index (χ1v) is 10.2. The van der Waals surface area contributed by atoms with Crippen LogP contribution in [0.2, 0.25) is 0 Å². The maximum Gasteiger partial charge on any atom is 0.248 e. The molecule has 0 bridgehead atoms. The molecule has 0 saturated heterocycles. The van der Waals surface area contributed by atoms with Gasteiger partial charge in [0.15, 0.2) is 5.82 Å². The number of hydrogen-bond acceptors (Lipinski definition) is 5. The summed E-state index contributed by atoms with van der Waals surface area (Å²) in [5.74, 6) is 2.16. The van der Waals surface area contributed by atoms with Gasteiger partial charge in [-0.1, -0.05) is 62.4 Å². The van der Waals surface area contributed by atoms with Gasteiger partial charge in [-0.3, -0.25) is 0 Å². The van der Waals surface area contributed by atoms with Gasteiger partial charge in [0.25, 0.3) is 0 Å². The minimum Gasteiger partial charge on any atom is -0.437 e. The van der Waals surface area contributed by atoms with E-state index in [1.807, 2.05) is 30.3 Å². The maximum atomic E-state index is 6.48. The second-order valence-corrected chi connectivity index (χ2v) is 7.48. The standard InChI is InChI=1S/C25H26N4O/c1-4-29(22-11-7-9-19-8-5-6-10-21(19)22)24-23(26)25(28-16-27-24)30-20-14-12-18(13-15-20)17(2)3/h5-17H,4,26H2,1-3H3. The van der Waals surface area contributed by atoms with Crippen molar-refractivity contribution in [1.82, 2.24) is 9.97 Å². The van der Waals surface area contributed by atoms with Crippen LogP contribution >= 0.6 is 0 Å². The van der Waals surface area contributed by atoms with Crippen LogP contribution in [-0.4, -0.2) is 16.5 Å². The third kappa shape index (κ3) is 3.79. The summed E-state index contributed by atoms with van der Waals surface area (Å²) in [6.07, 6.45) is 1.50.